The molecule has 0 unspecified atom stereocenters. The summed E-state index contributed by atoms with van der Waals surface area (Å²) in [5.74, 6) is 0.264. The monoisotopic (exact) mass is 694 g/mol. The van der Waals surface area contributed by atoms with Crippen LogP contribution < -0.4 is 4.90 Å². The lowest BCUT2D eigenvalue weighted by Gasteiger charge is -2.28. The average molecular weight is 695 g/mol. The number of benzene rings is 8. The number of phenols is 1. The van der Waals surface area contributed by atoms with Crippen molar-refractivity contribution in [3.8, 4) is 44.8 Å². The topological polar surface area (TPSA) is 28.4 Å². The lowest BCUT2D eigenvalue weighted by molar-refractivity contribution is 0.476. The molecule has 0 fully saturated rings. The summed E-state index contributed by atoms with van der Waals surface area (Å²) in [4.78, 5) is 2.37. The maximum absolute atomic E-state index is 10.5. The molecule has 3 heteroatoms. The highest BCUT2D eigenvalue weighted by Gasteiger charge is 2.35. The minimum absolute atomic E-state index is 0.103. The zero-order valence-corrected chi connectivity index (χ0v) is 30.2. The van der Waals surface area contributed by atoms with Crippen molar-refractivity contribution in [1.29, 1.82) is 0 Å². The predicted octanol–water partition coefficient (Wildman–Crippen LogP) is 13.6. The number of hydrogen-bond acceptors (Lipinski definition) is 2. The van der Waals surface area contributed by atoms with Crippen LogP contribution in [0, 0.1) is 0 Å². The Bertz CT molecular complexity index is 2830. The summed E-state index contributed by atoms with van der Waals surface area (Å²) in [5, 5.41) is 12.6. The molecule has 3 nitrogen and oxygen atoms in total. The number of rotatable bonds is 6. The van der Waals surface area contributed by atoms with E-state index in [-0.39, 0.29) is 11.2 Å². The van der Waals surface area contributed by atoms with Gasteiger partial charge in [-0.3, -0.25) is 0 Å². The van der Waals surface area contributed by atoms with Gasteiger partial charge in [-0.1, -0.05) is 123 Å². The Morgan fingerprint density at radius 3 is 1.65 bits per heavy atom. The third-order valence-corrected chi connectivity index (χ3v) is 11.3. The molecular weight excluding hydrogens is 657 g/mol. The Hall–Kier alpha value is -6.84. The number of hydrogen-bond donors (Lipinski definition) is 1. The van der Waals surface area contributed by atoms with Crippen LogP contribution in [0.4, 0.5) is 17.1 Å². The molecule has 258 valence electrons. The molecule has 0 saturated carbocycles. The van der Waals surface area contributed by atoms with Crippen LogP contribution in [0.3, 0.4) is 0 Å². The summed E-state index contributed by atoms with van der Waals surface area (Å²) < 4.78 is 2.27. The van der Waals surface area contributed by atoms with Gasteiger partial charge in [0.1, 0.15) is 5.75 Å². The van der Waals surface area contributed by atoms with E-state index in [1.165, 1.54) is 33.4 Å². The number of aromatic nitrogens is 1. The van der Waals surface area contributed by atoms with E-state index >= 15 is 0 Å². The van der Waals surface area contributed by atoms with E-state index in [0.717, 1.165) is 55.7 Å². The van der Waals surface area contributed by atoms with Crippen molar-refractivity contribution in [2.75, 3.05) is 4.90 Å². The number of phenolic OH excluding ortho intramolecular Hbond substituents is 1. The molecule has 1 aromatic heterocycles. The van der Waals surface area contributed by atoms with E-state index in [2.05, 4.69) is 187 Å². The lowest BCUT2D eigenvalue weighted by atomic mass is 9.82. The van der Waals surface area contributed by atoms with Crippen LogP contribution in [-0.2, 0) is 5.41 Å². The smallest absolute Gasteiger partial charge is 0.116 e. The molecule has 1 aliphatic rings. The molecule has 0 saturated heterocycles. The molecule has 0 spiro atoms. The van der Waals surface area contributed by atoms with Crippen LogP contribution in [-0.4, -0.2) is 9.67 Å². The normalized spacial score (nSPS) is 12.9. The van der Waals surface area contributed by atoms with Crippen LogP contribution >= 0.6 is 0 Å². The summed E-state index contributed by atoms with van der Waals surface area (Å²) in [7, 11) is 0. The number of anilines is 3. The highest BCUT2D eigenvalue weighted by atomic mass is 16.3. The maximum Gasteiger partial charge on any atom is 0.116 e. The van der Waals surface area contributed by atoms with Crippen molar-refractivity contribution in [2.45, 2.75) is 19.3 Å². The van der Waals surface area contributed by atoms with E-state index in [1.54, 1.807) is 6.07 Å². The predicted molar refractivity (Wildman–Crippen MR) is 226 cm³/mol. The first-order chi connectivity index (χ1) is 26.4. The quantitative estimate of drug-likeness (QED) is 0.188. The van der Waals surface area contributed by atoms with Crippen molar-refractivity contribution in [3.63, 3.8) is 0 Å². The van der Waals surface area contributed by atoms with Crippen molar-refractivity contribution < 1.29 is 5.11 Å². The third-order valence-electron chi connectivity index (χ3n) is 11.3. The Morgan fingerprint density at radius 1 is 0.426 bits per heavy atom. The van der Waals surface area contributed by atoms with E-state index < -0.39 is 0 Å². The Balaban J connectivity index is 1.07. The minimum Gasteiger partial charge on any atom is -0.508 e. The summed E-state index contributed by atoms with van der Waals surface area (Å²) >= 11 is 0. The second kappa shape index (κ2) is 12.4. The van der Waals surface area contributed by atoms with Gasteiger partial charge in [-0.25, -0.2) is 0 Å². The SMILES string of the molecule is CC1(C)c2ccccc2-c2ccc(N(c3ccc(-c4ccccc4)cc3)c3ccc(-c4ccc5c(c4)c4cc(O)ccc4n5-c4ccccc4)cc3)cc21. The molecule has 54 heavy (non-hydrogen) atoms. The second-order valence-electron chi connectivity index (χ2n) is 14.8. The number of para-hydroxylation sites is 1. The molecule has 1 N–H and O–H groups in total. The van der Waals surface area contributed by atoms with Gasteiger partial charge in [0.25, 0.3) is 0 Å². The standard InChI is InChI=1S/C51H38N2O/c1-51(2)47-16-10-9-15-43(47)44-28-26-41(32-48(44)51)52(39-22-17-35(18-23-39)34-11-5-3-6-12-34)40-24-19-36(20-25-40)37-21-29-49-45(31-37)46-33-42(54)27-30-50(46)53(49)38-13-7-4-8-14-38/h3-33,54H,1-2H3. The summed E-state index contributed by atoms with van der Waals surface area (Å²) in [6, 6.07) is 66.9. The van der Waals surface area contributed by atoms with Crippen LogP contribution in [0.15, 0.2) is 188 Å². The maximum atomic E-state index is 10.5. The van der Waals surface area contributed by atoms with Gasteiger partial charge in [0, 0.05) is 38.9 Å². The van der Waals surface area contributed by atoms with E-state index in [9.17, 15) is 5.11 Å². The highest BCUT2D eigenvalue weighted by molar-refractivity contribution is 6.11. The van der Waals surface area contributed by atoms with Crippen LogP contribution in [0.2, 0.25) is 0 Å². The molecule has 0 radical (unpaired) electrons. The number of fused-ring (bicyclic) bond motifs is 6. The zero-order chi connectivity index (χ0) is 36.4. The Morgan fingerprint density at radius 2 is 0.944 bits per heavy atom. The Labute approximate surface area is 315 Å². The minimum atomic E-state index is -0.103. The first-order valence-corrected chi connectivity index (χ1v) is 18.6. The fourth-order valence-corrected chi connectivity index (χ4v) is 8.56. The molecule has 0 bridgehead atoms. The zero-order valence-electron chi connectivity index (χ0n) is 30.2. The molecule has 0 aliphatic heterocycles. The van der Waals surface area contributed by atoms with Gasteiger partial charge in [0.05, 0.1) is 11.0 Å². The highest BCUT2D eigenvalue weighted by Crippen LogP contribution is 2.50. The molecule has 8 aromatic carbocycles. The number of aromatic hydroxyl groups is 1. The van der Waals surface area contributed by atoms with E-state index in [1.807, 2.05) is 18.2 Å². The molecule has 1 heterocycles. The first-order valence-electron chi connectivity index (χ1n) is 18.6. The molecule has 10 rings (SSSR count). The van der Waals surface area contributed by atoms with Crippen molar-refractivity contribution in [1.82, 2.24) is 4.57 Å². The fraction of sp³-hybridized carbons (Fsp3) is 0.0588. The van der Waals surface area contributed by atoms with Crippen LogP contribution in [0.5, 0.6) is 5.75 Å². The third kappa shape index (κ3) is 5.12. The van der Waals surface area contributed by atoms with E-state index in [4.69, 9.17) is 0 Å². The van der Waals surface area contributed by atoms with Gasteiger partial charge in [-0.2, -0.15) is 0 Å². The van der Waals surface area contributed by atoms with Gasteiger partial charge < -0.3 is 14.6 Å². The molecular formula is C51H38N2O. The fourth-order valence-electron chi connectivity index (χ4n) is 8.56. The van der Waals surface area contributed by atoms with Crippen molar-refractivity contribution in [3.05, 3.63) is 199 Å². The van der Waals surface area contributed by atoms with Crippen LogP contribution in [0.1, 0.15) is 25.0 Å². The summed E-state index contributed by atoms with van der Waals surface area (Å²) in [5.41, 5.74) is 16.5. The second-order valence-corrected chi connectivity index (χ2v) is 14.8. The van der Waals surface area contributed by atoms with Gasteiger partial charge >= 0.3 is 0 Å². The first kappa shape index (κ1) is 31.9. The lowest BCUT2D eigenvalue weighted by Crippen LogP contribution is -2.16. The molecule has 1 aliphatic carbocycles. The molecule has 0 amide bonds. The van der Waals surface area contributed by atoms with Gasteiger partial charge in [0.2, 0.25) is 0 Å². The van der Waals surface area contributed by atoms with Gasteiger partial charge in [-0.05, 0) is 123 Å². The van der Waals surface area contributed by atoms with Gasteiger partial charge in [0.15, 0.2) is 0 Å². The largest absolute Gasteiger partial charge is 0.508 e. The Kier molecular flexibility index (Phi) is 7.31. The summed E-state index contributed by atoms with van der Waals surface area (Å²) in [6.07, 6.45) is 0. The van der Waals surface area contributed by atoms with E-state index in [0.29, 0.717) is 0 Å². The van der Waals surface area contributed by atoms with Crippen molar-refractivity contribution in [2.24, 2.45) is 0 Å². The number of nitrogens with zero attached hydrogens (tertiary/aromatic N) is 2. The molecule has 0 atom stereocenters. The molecule has 9 aromatic rings. The summed E-state index contributed by atoms with van der Waals surface area (Å²) in [6.45, 7) is 4.68. The van der Waals surface area contributed by atoms with Gasteiger partial charge in [-0.15, -0.1) is 0 Å². The van der Waals surface area contributed by atoms with Crippen LogP contribution in [0.25, 0.3) is 60.9 Å². The van der Waals surface area contributed by atoms with Crippen molar-refractivity contribution >= 4 is 38.9 Å². The average Bonchev–Trinajstić information content (AvgIpc) is 3.66.